The standard InChI is InChI=1S/C17H19NO/c1-3-17(18-4-2)14-10-12-16(13-11-14)19-15-8-6-5-7-9-15/h5-13H,3-4H2,1-2H3. The Morgan fingerprint density at radius 2 is 1.53 bits per heavy atom. The van der Waals surface area contributed by atoms with Crippen LogP contribution in [-0.2, 0) is 0 Å². The van der Waals surface area contributed by atoms with Crippen LogP contribution < -0.4 is 4.74 Å². The van der Waals surface area contributed by atoms with Crippen LogP contribution in [0, 0.1) is 0 Å². The van der Waals surface area contributed by atoms with E-state index >= 15 is 0 Å². The maximum Gasteiger partial charge on any atom is 0.127 e. The van der Waals surface area contributed by atoms with Crippen LogP contribution in [0.5, 0.6) is 11.5 Å². The minimum absolute atomic E-state index is 0.825. The van der Waals surface area contributed by atoms with E-state index in [0.717, 1.165) is 30.2 Å². The van der Waals surface area contributed by atoms with Gasteiger partial charge in [-0.15, -0.1) is 0 Å². The van der Waals surface area contributed by atoms with Crippen LogP contribution in [-0.4, -0.2) is 12.3 Å². The van der Waals surface area contributed by atoms with Crippen LogP contribution in [0.1, 0.15) is 25.8 Å². The SMILES string of the molecule is CCN=C(CC)c1ccc(Oc2ccccc2)cc1. The molecule has 2 nitrogen and oxygen atoms in total. The zero-order valence-electron chi connectivity index (χ0n) is 11.5. The molecule has 0 amide bonds. The fourth-order valence-electron chi connectivity index (χ4n) is 1.94. The third-order valence-electron chi connectivity index (χ3n) is 2.85. The van der Waals surface area contributed by atoms with Crippen molar-refractivity contribution in [1.82, 2.24) is 0 Å². The summed E-state index contributed by atoms with van der Waals surface area (Å²) in [4.78, 5) is 4.50. The van der Waals surface area contributed by atoms with Crippen molar-refractivity contribution in [3.63, 3.8) is 0 Å². The Morgan fingerprint density at radius 1 is 0.895 bits per heavy atom. The number of benzene rings is 2. The van der Waals surface area contributed by atoms with Gasteiger partial charge < -0.3 is 4.74 Å². The topological polar surface area (TPSA) is 21.6 Å². The van der Waals surface area contributed by atoms with E-state index in [1.807, 2.05) is 42.5 Å². The molecule has 0 atom stereocenters. The number of ether oxygens (including phenoxy) is 1. The van der Waals surface area contributed by atoms with E-state index in [2.05, 4.69) is 31.0 Å². The highest BCUT2D eigenvalue weighted by molar-refractivity contribution is 6.00. The van der Waals surface area contributed by atoms with Gasteiger partial charge in [-0.1, -0.05) is 25.1 Å². The molecule has 0 fully saturated rings. The molecule has 2 aromatic carbocycles. The van der Waals surface area contributed by atoms with Gasteiger partial charge in [-0.2, -0.15) is 0 Å². The normalized spacial score (nSPS) is 11.4. The number of hydrogen-bond acceptors (Lipinski definition) is 2. The largest absolute Gasteiger partial charge is 0.457 e. The molecule has 0 saturated heterocycles. The molecule has 0 N–H and O–H groups in total. The van der Waals surface area contributed by atoms with Gasteiger partial charge in [0.1, 0.15) is 11.5 Å². The second kappa shape index (κ2) is 6.74. The van der Waals surface area contributed by atoms with Crippen molar-refractivity contribution in [2.24, 2.45) is 4.99 Å². The average molecular weight is 253 g/mol. The summed E-state index contributed by atoms with van der Waals surface area (Å²) < 4.78 is 5.77. The van der Waals surface area contributed by atoms with Crippen LogP contribution >= 0.6 is 0 Å². The summed E-state index contributed by atoms with van der Waals surface area (Å²) in [5.74, 6) is 1.70. The van der Waals surface area contributed by atoms with Crippen LogP contribution in [0.2, 0.25) is 0 Å². The lowest BCUT2D eigenvalue weighted by Crippen LogP contribution is -1.99. The predicted molar refractivity (Wildman–Crippen MR) is 80.3 cm³/mol. The minimum atomic E-state index is 0.825. The molecule has 2 heteroatoms. The lowest BCUT2D eigenvalue weighted by Gasteiger charge is -2.07. The first-order chi connectivity index (χ1) is 9.33. The Morgan fingerprint density at radius 3 is 2.11 bits per heavy atom. The average Bonchev–Trinajstić information content (AvgIpc) is 2.47. The Balaban J connectivity index is 2.12. The van der Waals surface area contributed by atoms with E-state index in [1.165, 1.54) is 5.56 Å². The van der Waals surface area contributed by atoms with Crippen LogP contribution in [0.4, 0.5) is 0 Å². The molecule has 0 saturated carbocycles. The molecular formula is C17H19NO. The van der Waals surface area contributed by atoms with Crippen LogP contribution in [0.25, 0.3) is 0 Å². The van der Waals surface area contributed by atoms with E-state index in [1.54, 1.807) is 0 Å². The zero-order chi connectivity index (χ0) is 13.5. The van der Waals surface area contributed by atoms with E-state index in [0.29, 0.717) is 0 Å². The quantitative estimate of drug-likeness (QED) is 0.708. The Labute approximate surface area is 114 Å². The predicted octanol–water partition coefficient (Wildman–Crippen LogP) is 4.70. The highest BCUT2D eigenvalue weighted by Crippen LogP contribution is 2.21. The Hall–Kier alpha value is -2.09. The summed E-state index contributed by atoms with van der Waals surface area (Å²) in [5.41, 5.74) is 2.32. The van der Waals surface area contributed by atoms with Crippen molar-refractivity contribution in [2.45, 2.75) is 20.3 Å². The van der Waals surface area contributed by atoms with Crippen LogP contribution in [0.3, 0.4) is 0 Å². The molecule has 0 aromatic heterocycles. The molecule has 19 heavy (non-hydrogen) atoms. The molecule has 0 spiro atoms. The molecule has 2 rings (SSSR count). The van der Waals surface area contributed by atoms with Crippen molar-refractivity contribution in [1.29, 1.82) is 0 Å². The monoisotopic (exact) mass is 253 g/mol. The molecule has 0 aliphatic rings. The lowest BCUT2D eigenvalue weighted by molar-refractivity contribution is 0.482. The third-order valence-corrected chi connectivity index (χ3v) is 2.85. The first-order valence-electron chi connectivity index (χ1n) is 6.70. The van der Waals surface area contributed by atoms with Gasteiger partial charge in [-0.25, -0.2) is 0 Å². The van der Waals surface area contributed by atoms with Gasteiger partial charge >= 0.3 is 0 Å². The molecule has 0 aliphatic heterocycles. The lowest BCUT2D eigenvalue weighted by atomic mass is 10.1. The first-order valence-corrected chi connectivity index (χ1v) is 6.70. The molecule has 0 radical (unpaired) electrons. The van der Waals surface area contributed by atoms with Crippen molar-refractivity contribution in [2.75, 3.05) is 6.54 Å². The highest BCUT2D eigenvalue weighted by Gasteiger charge is 2.02. The Bertz CT molecular complexity index is 529. The van der Waals surface area contributed by atoms with E-state index in [-0.39, 0.29) is 0 Å². The minimum Gasteiger partial charge on any atom is -0.457 e. The molecule has 0 heterocycles. The number of nitrogens with zero attached hydrogens (tertiary/aromatic N) is 1. The Kier molecular flexibility index (Phi) is 4.73. The number of rotatable bonds is 5. The van der Waals surface area contributed by atoms with Gasteiger partial charge in [0.05, 0.1) is 0 Å². The summed E-state index contributed by atoms with van der Waals surface area (Å²) in [6.07, 6.45) is 0.951. The third kappa shape index (κ3) is 3.68. The molecule has 0 aliphatic carbocycles. The van der Waals surface area contributed by atoms with Crippen molar-refractivity contribution in [3.8, 4) is 11.5 Å². The number of aliphatic imine (C=N–C) groups is 1. The van der Waals surface area contributed by atoms with Crippen molar-refractivity contribution in [3.05, 3.63) is 60.2 Å². The molecular weight excluding hydrogens is 234 g/mol. The maximum atomic E-state index is 5.77. The highest BCUT2D eigenvalue weighted by atomic mass is 16.5. The van der Waals surface area contributed by atoms with E-state index in [4.69, 9.17) is 4.74 Å². The van der Waals surface area contributed by atoms with Crippen molar-refractivity contribution < 1.29 is 4.74 Å². The zero-order valence-corrected chi connectivity index (χ0v) is 11.5. The van der Waals surface area contributed by atoms with Crippen molar-refractivity contribution >= 4 is 5.71 Å². The maximum absolute atomic E-state index is 5.77. The van der Waals surface area contributed by atoms with Gasteiger partial charge in [0, 0.05) is 12.3 Å². The smallest absolute Gasteiger partial charge is 0.127 e. The second-order valence-electron chi connectivity index (χ2n) is 4.21. The summed E-state index contributed by atoms with van der Waals surface area (Å²) in [6.45, 7) is 5.01. The van der Waals surface area contributed by atoms with Gasteiger partial charge in [-0.05, 0) is 55.3 Å². The molecule has 2 aromatic rings. The molecule has 0 bridgehead atoms. The first kappa shape index (κ1) is 13.3. The van der Waals surface area contributed by atoms with Gasteiger partial charge in [0.25, 0.3) is 0 Å². The van der Waals surface area contributed by atoms with E-state index in [9.17, 15) is 0 Å². The molecule has 0 unspecified atom stereocenters. The summed E-state index contributed by atoms with van der Waals surface area (Å²) in [6, 6.07) is 17.9. The summed E-state index contributed by atoms with van der Waals surface area (Å²) in [5, 5.41) is 0. The van der Waals surface area contributed by atoms with Gasteiger partial charge in [0.15, 0.2) is 0 Å². The fourth-order valence-corrected chi connectivity index (χ4v) is 1.94. The summed E-state index contributed by atoms with van der Waals surface area (Å²) in [7, 11) is 0. The molecule has 98 valence electrons. The van der Waals surface area contributed by atoms with Gasteiger partial charge in [0.2, 0.25) is 0 Å². The summed E-state index contributed by atoms with van der Waals surface area (Å²) >= 11 is 0. The van der Waals surface area contributed by atoms with Gasteiger partial charge in [-0.3, -0.25) is 4.99 Å². The number of hydrogen-bond donors (Lipinski definition) is 0. The van der Waals surface area contributed by atoms with E-state index < -0.39 is 0 Å². The second-order valence-corrected chi connectivity index (χ2v) is 4.21. The van der Waals surface area contributed by atoms with Crippen LogP contribution in [0.15, 0.2) is 59.6 Å². The fraction of sp³-hybridized carbons (Fsp3) is 0.235. The number of para-hydroxylation sites is 1.